The van der Waals surface area contributed by atoms with E-state index in [1.165, 1.54) is 12.1 Å². The lowest BCUT2D eigenvalue weighted by Gasteiger charge is -2.23. The van der Waals surface area contributed by atoms with Crippen LogP contribution in [0.3, 0.4) is 0 Å². The average Bonchev–Trinajstić information content (AvgIpc) is 2.69. The van der Waals surface area contributed by atoms with Crippen molar-refractivity contribution in [2.45, 2.75) is 76.4 Å². The van der Waals surface area contributed by atoms with E-state index in [2.05, 4.69) is 0 Å². The molecule has 0 aromatic heterocycles. The van der Waals surface area contributed by atoms with E-state index < -0.39 is 16.9 Å². The van der Waals surface area contributed by atoms with Crippen LogP contribution in [0, 0.1) is 10.1 Å². The summed E-state index contributed by atoms with van der Waals surface area (Å²) in [5.74, 6) is -1.31. The van der Waals surface area contributed by atoms with Gasteiger partial charge in [-0.15, -0.1) is 0 Å². The molecule has 0 heterocycles. The van der Waals surface area contributed by atoms with Gasteiger partial charge in [0, 0.05) is 12.1 Å². The molecular formula is C20H25NO6. The molecule has 7 heteroatoms. The molecule has 3 rings (SSSR count). The van der Waals surface area contributed by atoms with Gasteiger partial charge >= 0.3 is 11.9 Å². The number of rotatable bonds is 5. The summed E-state index contributed by atoms with van der Waals surface area (Å²) in [6.45, 7) is 0. The van der Waals surface area contributed by atoms with Crippen molar-refractivity contribution < 1.29 is 24.0 Å². The maximum atomic E-state index is 12.7. The number of hydrogen-bond acceptors (Lipinski definition) is 6. The lowest BCUT2D eigenvalue weighted by molar-refractivity contribution is -0.384. The highest BCUT2D eigenvalue weighted by molar-refractivity contribution is 6.03. The van der Waals surface area contributed by atoms with Gasteiger partial charge in [0.05, 0.1) is 16.1 Å². The Morgan fingerprint density at radius 3 is 1.78 bits per heavy atom. The summed E-state index contributed by atoms with van der Waals surface area (Å²) in [6.07, 6.45) is 9.05. The number of carbonyl (C=O) groups is 2. The van der Waals surface area contributed by atoms with Crippen molar-refractivity contribution in [3.8, 4) is 0 Å². The van der Waals surface area contributed by atoms with E-state index in [0.717, 1.165) is 70.3 Å². The Labute approximate surface area is 158 Å². The molecule has 0 N–H and O–H groups in total. The predicted octanol–water partition coefficient (Wildman–Crippen LogP) is 4.57. The number of hydrogen-bond donors (Lipinski definition) is 0. The smallest absolute Gasteiger partial charge is 0.339 e. The second-order valence-electron chi connectivity index (χ2n) is 7.32. The summed E-state index contributed by atoms with van der Waals surface area (Å²) in [5.41, 5.74) is -0.303. The quantitative estimate of drug-likeness (QED) is 0.425. The van der Waals surface area contributed by atoms with Crippen molar-refractivity contribution in [3.63, 3.8) is 0 Å². The molecule has 2 fully saturated rings. The van der Waals surface area contributed by atoms with Crippen LogP contribution in [0.5, 0.6) is 0 Å². The number of non-ortho nitro benzene ring substituents is 1. The first-order valence-corrected chi connectivity index (χ1v) is 9.75. The molecule has 2 saturated carbocycles. The van der Waals surface area contributed by atoms with Crippen LogP contribution in [0.2, 0.25) is 0 Å². The Kier molecular flexibility index (Phi) is 6.42. The highest BCUT2D eigenvalue weighted by Crippen LogP contribution is 2.26. The van der Waals surface area contributed by atoms with E-state index >= 15 is 0 Å². The van der Waals surface area contributed by atoms with Gasteiger partial charge in [-0.25, -0.2) is 9.59 Å². The number of nitro benzene ring substituents is 1. The van der Waals surface area contributed by atoms with Crippen molar-refractivity contribution in [1.29, 1.82) is 0 Å². The fraction of sp³-hybridized carbons (Fsp3) is 0.600. The Morgan fingerprint density at radius 1 is 0.815 bits per heavy atom. The third kappa shape index (κ3) is 5.05. The minimum Gasteiger partial charge on any atom is -0.459 e. The number of benzene rings is 1. The average molecular weight is 375 g/mol. The molecule has 0 saturated heterocycles. The van der Waals surface area contributed by atoms with Gasteiger partial charge in [-0.3, -0.25) is 10.1 Å². The SMILES string of the molecule is O=C(OC1CCCCC1)c1ccc([N+](=O)[O-])cc1C(=O)OC1CCCCC1. The molecule has 0 spiro atoms. The molecule has 1 aromatic rings. The topological polar surface area (TPSA) is 95.7 Å². The molecule has 0 unspecified atom stereocenters. The molecule has 2 aliphatic carbocycles. The zero-order chi connectivity index (χ0) is 19.2. The van der Waals surface area contributed by atoms with Crippen LogP contribution in [0.4, 0.5) is 5.69 Å². The van der Waals surface area contributed by atoms with Crippen molar-refractivity contribution in [1.82, 2.24) is 0 Å². The molecule has 0 aliphatic heterocycles. The van der Waals surface area contributed by atoms with Gasteiger partial charge in [0.2, 0.25) is 0 Å². The summed E-state index contributed by atoms with van der Waals surface area (Å²) in [5, 5.41) is 11.1. The van der Waals surface area contributed by atoms with Crippen LogP contribution in [-0.4, -0.2) is 29.1 Å². The molecule has 146 valence electrons. The third-order valence-electron chi connectivity index (χ3n) is 5.31. The van der Waals surface area contributed by atoms with E-state index in [1.54, 1.807) is 0 Å². The first-order valence-electron chi connectivity index (χ1n) is 9.75. The van der Waals surface area contributed by atoms with E-state index in [9.17, 15) is 19.7 Å². The molecule has 2 aliphatic rings. The molecule has 0 atom stereocenters. The molecule has 27 heavy (non-hydrogen) atoms. The molecule has 0 amide bonds. The van der Waals surface area contributed by atoms with Gasteiger partial charge in [0.1, 0.15) is 12.2 Å². The first kappa shape index (κ1) is 19.3. The number of nitro groups is 1. The number of esters is 2. The summed E-state index contributed by atoms with van der Waals surface area (Å²) in [6, 6.07) is 3.62. The summed E-state index contributed by atoms with van der Waals surface area (Å²) >= 11 is 0. The maximum Gasteiger partial charge on any atom is 0.339 e. The predicted molar refractivity (Wildman–Crippen MR) is 97.7 cm³/mol. The van der Waals surface area contributed by atoms with Gasteiger partial charge in [-0.1, -0.05) is 12.8 Å². The zero-order valence-electron chi connectivity index (χ0n) is 15.4. The van der Waals surface area contributed by atoms with E-state index in [-0.39, 0.29) is 29.0 Å². The lowest BCUT2D eigenvalue weighted by atomic mass is 9.97. The van der Waals surface area contributed by atoms with Gasteiger partial charge in [-0.2, -0.15) is 0 Å². The number of ether oxygens (including phenoxy) is 2. The van der Waals surface area contributed by atoms with Crippen molar-refractivity contribution in [2.24, 2.45) is 0 Å². The Morgan fingerprint density at radius 2 is 1.30 bits per heavy atom. The summed E-state index contributed by atoms with van der Waals surface area (Å²) in [4.78, 5) is 35.8. The van der Waals surface area contributed by atoms with Crippen molar-refractivity contribution in [3.05, 3.63) is 39.4 Å². The third-order valence-corrected chi connectivity index (χ3v) is 5.31. The molecule has 7 nitrogen and oxygen atoms in total. The van der Waals surface area contributed by atoms with Crippen LogP contribution >= 0.6 is 0 Å². The van der Waals surface area contributed by atoms with Gasteiger partial charge in [0.25, 0.3) is 5.69 Å². The molecular weight excluding hydrogens is 350 g/mol. The molecule has 0 radical (unpaired) electrons. The van der Waals surface area contributed by atoms with E-state index in [1.807, 2.05) is 0 Å². The minimum absolute atomic E-state index is 0.0342. The van der Waals surface area contributed by atoms with Crippen LogP contribution in [0.25, 0.3) is 0 Å². The van der Waals surface area contributed by atoms with Crippen LogP contribution < -0.4 is 0 Å². The first-order chi connectivity index (χ1) is 13.0. The number of carbonyl (C=O) groups excluding carboxylic acids is 2. The maximum absolute atomic E-state index is 12.7. The van der Waals surface area contributed by atoms with Crippen LogP contribution in [-0.2, 0) is 9.47 Å². The van der Waals surface area contributed by atoms with Gasteiger partial charge in [0.15, 0.2) is 0 Å². The van der Waals surface area contributed by atoms with E-state index in [4.69, 9.17) is 9.47 Å². The monoisotopic (exact) mass is 375 g/mol. The Bertz CT molecular complexity index is 704. The summed E-state index contributed by atoms with van der Waals surface area (Å²) < 4.78 is 11.1. The van der Waals surface area contributed by atoms with Gasteiger partial charge < -0.3 is 9.47 Å². The van der Waals surface area contributed by atoms with E-state index in [0.29, 0.717) is 0 Å². The Balaban J connectivity index is 1.79. The molecule has 0 bridgehead atoms. The summed E-state index contributed by atoms with van der Waals surface area (Å²) in [7, 11) is 0. The number of nitrogens with zero attached hydrogens (tertiary/aromatic N) is 1. The fourth-order valence-electron chi connectivity index (χ4n) is 3.79. The van der Waals surface area contributed by atoms with Crippen molar-refractivity contribution >= 4 is 17.6 Å². The standard InChI is InChI=1S/C20H25NO6/c22-19(26-15-7-3-1-4-8-15)17-12-11-14(21(24)25)13-18(17)20(23)27-16-9-5-2-6-10-16/h11-13,15-16H,1-10H2. The normalized spacial score (nSPS) is 18.7. The highest BCUT2D eigenvalue weighted by Gasteiger charge is 2.27. The zero-order valence-corrected chi connectivity index (χ0v) is 15.4. The van der Waals surface area contributed by atoms with Crippen LogP contribution in [0.15, 0.2) is 18.2 Å². The van der Waals surface area contributed by atoms with Crippen LogP contribution in [0.1, 0.15) is 84.9 Å². The van der Waals surface area contributed by atoms with Gasteiger partial charge in [-0.05, 0) is 57.4 Å². The minimum atomic E-state index is -0.693. The molecule has 1 aromatic carbocycles. The Hall–Kier alpha value is -2.44. The second-order valence-corrected chi connectivity index (χ2v) is 7.32. The highest BCUT2D eigenvalue weighted by atomic mass is 16.6. The lowest BCUT2D eigenvalue weighted by Crippen LogP contribution is -2.25. The fourth-order valence-corrected chi connectivity index (χ4v) is 3.79. The largest absolute Gasteiger partial charge is 0.459 e. The van der Waals surface area contributed by atoms with Crippen molar-refractivity contribution in [2.75, 3.05) is 0 Å². The second kappa shape index (κ2) is 8.97.